The van der Waals surface area contributed by atoms with Gasteiger partial charge < -0.3 is 10.1 Å². The Morgan fingerprint density at radius 3 is 2.32 bits per heavy atom. The molecular weight excluding hydrogens is 354 g/mol. The van der Waals surface area contributed by atoms with Gasteiger partial charge in [0.05, 0.1) is 24.9 Å². The number of carbonyl (C=O) groups excluding carboxylic acids is 2. The zero-order valence-corrected chi connectivity index (χ0v) is 16.5. The first kappa shape index (κ1) is 20.0. The summed E-state index contributed by atoms with van der Waals surface area (Å²) < 4.78 is 4.77. The van der Waals surface area contributed by atoms with E-state index < -0.39 is 5.97 Å². The van der Waals surface area contributed by atoms with Crippen molar-refractivity contribution in [2.24, 2.45) is 0 Å². The molecule has 6 heteroatoms. The summed E-state index contributed by atoms with van der Waals surface area (Å²) in [5.41, 5.74) is 3.51. The Hall–Kier alpha value is -2.70. The number of nitrogens with one attached hydrogen (secondary N) is 1. The zero-order chi connectivity index (χ0) is 19.9. The molecule has 0 saturated carbocycles. The van der Waals surface area contributed by atoms with E-state index in [0.717, 1.165) is 32.7 Å². The summed E-state index contributed by atoms with van der Waals surface area (Å²) >= 11 is 0. The molecule has 0 unspecified atom stereocenters. The number of piperazine rings is 1. The lowest BCUT2D eigenvalue weighted by Gasteiger charge is -2.34. The Morgan fingerprint density at radius 1 is 0.964 bits per heavy atom. The minimum absolute atomic E-state index is 0.122. The molecule has 6 nitrogen and oxygen atoms in total. The van der Waals surface area contributed by atoms with Crippen LogP contribution in [0.15, 0.2) is 48.5 Å². The molecule has 0 aliphatic carbocycles. The maximum Gasteiger partial charge on any atom is 0.339 e. The van der Waals surface area contributed by atoms with Gasteiger partial charge >= 0.3 is 5.97 Å². The summed E-state index contributed by atoms with van der Waals surface area (Å²) in [5.74, 6) is -0.579. The second-order valence-electron chi connectivity index (χ2n) is 7.06. The van der Waals surface area contributed by atoms with Crippen LogP contribution in [0.25, 0.3) is 0 Å². The Bertz CT molecular complexity index is 829. The van der Waals surface area contributed by atoms with Crippen molar-refractivity contribution >= 4 is 17.6 Å². The molecule has 0 atom stereocenters. The Balaban J connectivity index is 1.49. The Morgan fingerprint density at radius 2 is 1.61 bits per heavy atom. The fourth-order valence-corrected chi connectivity index (χ4v) is 3.41. The number of hydrogen-bond donors (Lipinski definition) is 1. The van der Waals surface area contributed by atoms with Gasteiger partial charge in [0.25, 0.3) is 0 Å². The lowest BCUT2D eigenvalue weighted by molar-refractivity contribution is -0.117. The summed E-state index contributed by atoms with van der Waals surface area (Å²) in [5, 5.41) is 2.84. The van der Waals surface area contributed by atoms with E-state index in [1.54, 1.807) is 24.3 Å². The number of rotatable bonds is 6. The number of methoxy groups -OCH3 is 1. The largest absolute Gasteiger partial charge is 0.465 e. The SMILES string of the molecule is COC(=O)c1ccccc1NC(=O)CN1CCN(Cc2ccccc2C)CC1. The average Bonchev–Trinajstić information content (AvgIpc) is 2.71. The first-order valence-electron chi connectivity index (χ1n) is 9.53. The third-order valence-corrected chi connectivity index (χ3v) is 5.09. The normalized spacial score (nSPS) is 15.2. The van der Waals surface area contributed by atoms with Gasteiger partial charge in [-0.1, -0.05) is 36.4 Å². The third kappa shape index (κ3) is 5.18. The van der Waals surface area contributed by atoms with E-state index in [2.05, 4.69) is 46.3 Å². The summed E-state index contributed by atoms with van der Waals surface area (Å²) in [6.07, 6.45) is 0. The van der Waals surface area contributed by atoms with Crippen LogP contribution in [0.1, 0.15) is 21.5 Å². The summed E-state index contributed by atoms with van der Waals surface area (Å²) in [4.78, 5) is 28.8. The summed E-state index contributed by atoms with van der Waals surface area (Å²) in [6.45, 7) is 6.95. The topological polar surface area (TPSA) is 61.9 Å². The quantitative estimate of drug-likeness (QED) is 0.779. The standard InChI is InChI=1S/C22H27N3O3/c1-17-7-3-4-8-18(17)15-24-11-13-25(14-12-24)16-21(26)23-20-10-6-5-9-19(20)22(27)28-2/h3-10H,11-16H2,1-2H3,(H,23,26). The highest BCUT2D eigenvalue weighted by molar-refractivity contribution is 6.01. The zero-order valence-electron chi connectivity index (χ0n) is 16.5. The van der Waals surface area contributed by atoms with Gasteiger partial charge in [-0.25, -0.2) is 4.79 Å². The molecular formula is C22H27N3O3. The van der Waals surface area contributed by atoms with Gasteiger partial charge in [0.1, 0.15) is 0 Å². The van der Waals surface area contributed by atoms with Crippen molar-refractivity contribution in [2.75, 3.05) is 45.2 Å². The second kappa shape index (κ2) is 9.48. The van der Waals surface area contributed by atoms with Gasteiger partial charge in [-0.15, -0.1) is 0 Å². The van der Waals surface area contributed by atoms with Crippen LogP contribution in [-0.4, -0.2) is 61.5 Å². The Labute approximate surface area is 166 Å². The van der Waals surface area contributed by atoms with Crippen molar-refractivity contribution in [3.05, 3.63) is 65.2 Å². The van der Waals surface area contributed by atoms with Crippen LogP contribution in [-0.2, 0) is 16.1 Å². The van der Waals surface area contributed by atoms with Gasteiger partial charge in [0, 0.05) is 32.7 Å². The number of esters is 1. The number of benzene rings is 2. The predicted molar refractivity (Wildman–Crippen MR) is 109 cm³/mol. The smallest absolute Gasteiger partial charge is 0.339 e. The average molecular weight is 381 g/mol. The number of anilines is 1. The van der Waals surface area contributed by atoms with Crippen molar-refractivity contribution < 1.29 is 14.3 Å². The maximum atomic E-state index is 12.4. The van der Waals surface area contributed by atoms with Crippen molar-refractivity contribution in [3.8, 4) is 0 Å². The first-order chi connectivity index (χ1) is 13.6. The third-order valence-electron chi connectivity index (χ3n) is 5.09. The number of para-hydroxylation sites is 1. The molecule has 2 aromatic carbocycles. The highest BCUT2D eigenvalue weighted by atomic mass is 16.5. The molecule has 1 heterocycles. The van der Waals surface area contributed by atoms with Gasteiger partial charge in [0.2, 0.25) is 5.91 Å². The molecule has 3 rings (SSSR count). The fourth-order valence-electron chi connectivity index (χ4n) is 3.41. The van der Waals surface area contributed by atoms with E-state index in [1.165, 1.54) is 18.2 Å². The van der Waals surface area contributed by atoms with Crippen molar-refractivity contribution in [3.63, 3.8) is 0 Å². The van der Waals surface area contributed by atoms with E-state index >= 15 is 0 Å². The van der Waals surface area contributed by atoms with Crippen LogP contribution >= 0.6 is 0 Å². The molecule has 1 N–H and O–H groups in total. The number of aryl methyl sites for hydroxylation is 1. The van der Waals surface area contributed by atoms with Crippen LogP contribution in [0.3, 0.4) is 0 Å². The Kier molecular flexibility index (Phi) is 6.79. The molecule has 1 saturated heterocycles. The molecule has 1 aliphatic heterocycles. The van der Waals surface area contributed by atoms with E-state index in [-0.39, 0.29) is 5.91 Å². The number of nitrogens with zero attached hydrogens (tertiary/aromatic N) is 2. The van der Waals surface area contributed by atoms with Crippen LogP contribution in [0.4, 0.5) is 5.69 Å². The minimum atomic E-state index is -0.458. The molecule has 0 bridgehead atoms. The summed E-state index contributed by atoms with van der Waals surface area (Å²) in [7, 11) is 1.33. The number of carbonyl (C=O) groups is 2. The van der Waals surface area contributed by atoms with Crippen molar-refractivity contribution in [2.45, 2.75) is 13.5 Å². The lowest BCUT2D eigenvalue weighted by Crippen LogP contribution is -2.48. The molecule has 0 spiro atoms. The van der Waals surface area contributed by atoms with Gasteiger partial charge in [-0.05, 0) is 30.2 Å². The van der Waals surface area contributed by atoms with Gasteiger partial charge in [-0.2, -0.15) is 0 Å². The first-order valence-corrected chi connectivity index (χ1v) is 9.53. The van der Waals surface area contributed by atoms with Crippen molar-refractivity contribution in [1.82, 2.24) is 9.80 Å². The van der Waals surface area contributed by atoms with E-state index in [9.17, 15) is 9.59 Å². The van der Waals surface area contributed by atoms with Gasteiger partial charge in [0.15, 0.2) is 0 Å². The molecule has 1 fully saturated rings. The monoisotopic (exact) mass is 381 g/mol. The molecule has 0 radical (unpaired) electrons. The van der Waals surface area contributed by atoms with Crippen molar-refractivity contribution in [1.29, 1.82) is 0 Å². The molecule has 1 aliphatic rings. The van der Waals surface area contributed by atoms with E-state index in [4.69, 9.17) is 4.74 Å². The highest BCUT2D eigenvalue weighted by Crippen LogP contribution is 2.16. The van der Waals surface area contributed by atoms with Crippen LogP contribution in [0.5, 0.6) is 0 Å². The maximum absolute atomic E-state index is 12.4. The number of ether oxygens (including phenoxy) is 1. The predicted octanol–water partition coefficient (Wildman–Crippen LogP) is 2.54. The van der Waals surface area contributed by atoms with E-state index in [0.29, 0.717) is 17.8 Å². The van der Waals surface area contributed by atoms with Crippen LogP contribution in [0, 0.1) is 6.92 Å². The number of hydrogen-bond acceptors (Lipinski definition) is 5. The van der Waals surface area contributed by atoms with Crippen LogP contribution < -0.4 is 5.32 Å². The molecule has 148 valence electrons. The fraction of sp³-hybridized carbons (Fsp3) is 0.364. The lowest BCUT2D eigenvalue weighted by atomic mass is 10.1. The molecule has 2 aromatic rings. The number of amides is 1. The van der Waals surface area contributed by atoms with E-state index in [1.807, 2.05) is 0 Å². The summed E-state index contributed by atoms with van der Waals surface area (Å²) in [6, 6.07) is 15.3. The van der Waals surface area contributed by atoms with Gasteiger partial charge in [-0.3, -0.25) is 14.6 Å². The minimum Gasteiger partial charge on any atom is -0.465 e. The molecule has 0 aromatic heterocycles. The molecule has 1 amide bonds. The second-order valence-corrected chi connectivity index (χ2v) is 7.06. The van der Waals surface area contributed by atoms with Crippen LogP contribution in [0.2, 0.25) is 0 Å². The highest BCUT2D eigenvalue weighted by Gasteiger charge is 2.20. The molecule has 28 heavy (non-hydrogen) atoms.